The predicted octanol–water partition coefficient (Wildman–Crippen LogP) is 5.87. The van der Waals surface area contributed by atoms with E-state index in [1.165, 1.54) is 12.7 Å². The number of nitrogens with zero attached hydrogens (tertiary/aromatic N) is 2. The van der Waals surface area contributed by atoms with Crippen LogP contribution in [0.3, 0.4) is 0 Å². The third kappa shape index (κ3) is 4.34. The minimum absolute atomic E-state index is 0.00581. The van der Waals surface area contributed by atoms with Gasteiger partial charge in [-0.1, -0.05) is 13.8 Å². The van der Waals surface area contributed by atoms with Gasteiger partial charge in [0.2, 0.25) is 0 Å². The Morgan fingerprint density at radius 1 is 1.31 bits per heavy atom. The van der Waals surface area contributed by atoms with E-state index in [2.05, 4.69) is 37.6 Å². The first-order valence-corrected chi connectivity index (χ1v) is 10.1. The van der Waals surface area contributed by atoms with E-state index in [0.29, 0.717) is 22.7 Å². The van der Waals surface area contributed by atoms with Gasteiger partial charge in [0.05, 0.1) is 18.4 Å². The van der Waals surface area contributed by atoms with Crippen molar-refractivity contribution in [1.82, 2.24) is 0 Å². The Bertz CT molecular complexity index is 919. The number of halogens is 1. The van der Waals surface area contributed by atoms with Crippen LogP contribution in [-0.2, 0) is 4.74 Å². The maximum atomic E-state index is 14.9. The van der Waals surface area contributed by atoms with Crippen LogP contribution >= 0.6 is 0 Å². The van der Waals surface area contributed by atoms with Crippen molar-refractivity contribution in [2.75, 3.05) is 18.6 Å². The lowest BCUT2D eigenvalue weighted by Crippen LogP contribution is -2.48. The first-order chi connectivity index (χ1) is 13.8. The molecule has 0 N–H and O–H groups in total. The number of hydrogen-bond acceptors (Lipinski definition) is 4. The highest BCUT2D eigenvalue weighted by Gasteiger charge is 2.36. The van der Waals surface area contributed by atoms with Gasteiger partial charge in [-0.15, -0.1) is 0 Å². The molecule has 1 aliphatic heterocycles. The molecule has 0 fully saturated rings. The maximum Gasteiger partial charge on any atom is 0.337 e. The molecule has 4 nitrogen and oxygen atoms in total. The van der Waals surface area contributed by atoms with Gasteiger partial charge in [-0.2, -0.15) is 0 Å². The van der Waals surface area contributed by atoms with Crippen LogP contribution in [0.5, 0.6) is 0 Å². The zero-order valence-electron chi connectivity index (χ0n) is 17.8. The first kappa shape index (κ1) is 21.0. The molecule has 1 atom stereocenters. The molecular weight excluding hydrogens is 367 g/mol. The average molecular weight is 397 g/mol. The highest BCUT2D eigenvalue weighted by Crippen LogP contribution is 2.44. The fourth-order valence-electron chi connectivity index (χ4n) is 4.21. The molecule has 2 aromatic rings. The van der Waals surface area contributed by atoms with E-state index >= 15 is 0 Å². The number of fused-ring (bicyclic) bond motifs is 1. The summed E-state index contributed by atoms with van der Waals surface area (Å²) in [5.74, 6) is -0.320. The fourth-order valence-corrected chi connectivity index (χ4v) is 4.21. The minimum Gasteiger partial charge on any atom is -0.465 e. The number of hydrogen-bond donors (Lipinski definition) is 0. The van der Waals surface area contributed by atoms with Gasteiger partial charge in [0.15, 0.2) is 0 Å². The monoisotopic (exact) mass is 396 g/mol. The van der Waals surface area contributed by atoms with Crippen molar-refractivity contribution in [3.05, 3.63) is 58.9 Å². The molecule has 29 heavy (non-hydrogen) atoms. The van der Waals surface area contributed by atoms with Crippen LogP contribution in [0, 0.1) is 5.82 Å². The molecule has 154 valence electrons. The van der Waals surface area contributed by atoms with Crippen LogP contribution in [0.2, 0.25) is 0 Å². The molecule has 0 spiro atoms. The lowest BCUT2D eigenvalue weighted by atomic mass is 9.79. The second-order valence-corrected chi connectivity index (χ2v) is 8.30. The molecule has 5 heteroatoms. The van der Waals surface area contributed by atoms with E-state index in [9.17, 15) is 9.18 Å². The van der Waals surface area contributed by atoms with E-state index in [1.807, 2.05) is 6.07 Å². The van der Waals surface area contributed by atoms with Crippen molar-refractivity contribution in [1.29, 1.82) is 0 Å². The van der Waals surface area contributed by atoms with Crippen LogP contribution < -0.4 is 4.90 Å². The third-order valence-corrected chi connectivity index (χ3v) is 5.59. The van der Waals surface area contributed by atoms with Crippen molar-refractivity contribution in [3.8, 4) is 0 Å². The summed E-state index contributed by atoms with van der Waals surface area (Å²) in [6.07, 6.45) is 3.60. The van der Waals surface area contributed by atoms with E-state index in [-0.39, 0.29) is 11.4 Å². The van der Waals surface area contributed by atoms with Gasteiger partial charge in [-0.05, 0) is 74.6 Å². The Morgan fingerprint density at radius 2 is 2.00 bits per heavy atom. The van der Waals surface area contributed by atoms with Crippen molar-refractivity contribution >= 4 is 23.6 Å². The molecule has 0 aromatic heterocycles. The van der Waals surface area contributed by atoms with Gasteiger partial charge in [0.25, 0.3) is 0 Å². The Morgan fingerprint density at radius 3 is 2.62 bits per heavy atom. The normalized spacial score (nSPS) is 18.0. The molecule has 0 saturated carbocycles. The number of anilines is 1. The summed E-state index contributed by atoms with van der Waals surface area (Å²) in [5.41, 5.74) is 3.75. The number of rotatable bonds is 5. The van der Waals surface area contributed by atoms with Crippen molar-refractivity contribution in [2.24, 2.45) is 4.99 Å². The number of carbonyl (C=O) groups is 1. The van der Waals surface area contributed by atoms with Crippen LogP contribution in [0.25, 0.3) is 0 Å². The number of methoxy groups -OCH3 is 1. The molecule has 2 aromatic carbocycles. The summed E-state index contributed by atoms with van der Waals surface area (Å²) in [4.78, 5) is 18.2. The molecule has 1 aliphatic rings. The van der Waals surface area contributed by atoms with Gasteiger partial charge in [0.1, 0.15) is 5.82 Å². The summed E-state index contributed by atoms with van der Waals surface area (Å²) in [5, 5.41) is 0. The Kier molecular flexibility index (Phi) is 6.06. The molecule has 0 bridgehead atoms. The highest BCUT2D eigenvalue weighted by molar-refractivity contribution is 5.90. The van der Waals surface area contributed by atoms with E-state index in [4.69, 9.17) is 4.74 Å². The highest BCUT2D eigenvalue weighted by atomic mass is 19.1. The maximum absolute atomic E-state index is 14.9. The molecule has 0 amide bonds. The van der Waals surface area contributed by atoms with E-state index in [1.54, 1.807) is 36.5 Å². The Labute approximate surface area is 172 Å². The van der Waals surface area contributed by atoms with Crippen molar-refractivity contribution in [3.63, 3.8) is 0 Å². The van der Waals surface area contributed by atoms with Gasteiger partial charge in [-0.25, -0.2) is 9.18 Å². The number of esters is 1. The summed E-state index contributed by atoms with van der Waals surface area (Å²) in [7, 11) is 1.34. The molecule has 0 aliphatic carbocycles. The summed E-state index contributed by atoms with van der Waals surface area (Å²) < 4.78 is 19.6. The Hall–Kier alpha value is -2.69. The smallest absolute Gasteiger partial charge is 0.337 e. The minimum atomic E-state index is -0.394. The van der Waals surface area contributed by atoms with Crippen LogP contribution in [0.4, 0.5) is 15.8 Å². The third-order valence-electron chi connectivity index (χ3n) is 5.59. The number of aliphatic imine (C=N–C) groups is 1. The molecule has 0 saturated heterocycles. The quantitative estimate of drug-likeness (QED) is 0.469. The SMILES string of the molecule is CCCN1c2cc(F)c(C=Nc3ccc(C(=O)OC)cc3)cc2C(C)CC1(C)C. The molecule has 0 radical (unpaired) electrons. The van der Waals surface area contributed by atoms with Gasteiger partial charge >= 0.3 is 5.97 Å². The molecule has 1 unspecified atom stereocenters. The molecular formula is C24H29FN2O2. The van der Waals surface area contributed by atoms with E-state index in [0.717, 1.165) is 25.1 Å². The second kappa shape index (κ2) is 8.36. The molecule has 1 heterocycles. The second-order valence-electron chi connectivity index (χ2n) is 8.30. The average Bonchev–Trinajstić information content (AvgIpc) is 2.69. The van der Waals surface area contributed by atoms with E-state index < -0.39 is 5.97 Å². The largest absolute Gasteiger partial charge is 0.465 e. The molecule has 3 rings (SSSR count). The Balaban J connectivity index is 1.91. The fraction of sp³-hybridized carbons (Fsp3) is 0.417. The van der Waals surface area contributed by atoms with Crippen LogP contribution in [0.15, 0.2) is 41.4 Å². The van der Waals surface area contributed by atoms with Crippen LogP contribution in [-0.4, -0.2) is 31.4 Å². The first-order valence-electron chi connectivity index (χ1n) is 10.1. The van der Waals surface area contributed by atoms with Crippen LogP contribution in [0.1, 0.15) is 67.9 Å². The summed E-state index contributed by atoms with van der Waals surface area (Å²) >= 11 is 0. The standard InChI is InChI=1S/C24H29FN2O2/c1-6-11-27-22-13-21(25)18(12-20(22)16(2)14-24(27,3)4)15-26-19-9-7-17(8-10-19)23(28)29-5/h7-10,12-13,15-16H,6,11,14H2,1-5H3. The predicted molar refractivity (Wildman–Crippen MR) is 116 cm³/mol. The van der Waals surface area contributed by atoms with Gasteiger partial charge in [0, 0.05) is 29.5 Å². The van der Waals surface area contributed by atoms with Gasteiger partial charge in [-0.3, -0.25) is 4.99 Å². The zero-order valence-corrected chi connectivity index (χ0v) is 17.8. The zero-order chi connectivity index (χ0) is 21.2. The number of carbonyl (C=O) groups excluding carboxylic acids is 1. The lowest BCUT2D eigenvalue weighted by molar-refractivity contribution is 0.0601. The summed E-state index contributed by atoms with van der Waals surface area (Å²) in [6.45, 7) is 9.72. The number of benzene rings is 2. The van der Waals surface area contributed by atoms with Crippen molar-refractivity contribution < 1.29 is 13.9 Å². The topological polar surface area (TPSA) is 41.9 Å². The van der Waals surface area contributed by atoms with Crippen molar-refractivity contribution in [2.45, 2.75) is 52.0 Å². The number of ether oxygens (including phenoxy) is 1. The lowest BCUT2D eigenvalue weighted by Gasteiger charge is -2.47. The summed E-state index contributed by atoms with van der Waals surface area (Å²) in [6, 6.07) is 10.3. The van der Waals surface area contributed by atoms with Gasteiger partial charge < -0.3 is 9.64 Å².